The van der Waals surface area contributed by atoms with Gasteiger partial charge in [-0.3, -0.25) is 4.79 Å². The van der Waals surface area contributed by atoms with E-state index in [1.54, 1.807) is 56.5 Å². The third-order valence-corrected chi connectivity index (χ3v) is 5.40. The number of anilines is 1. The first-order chi connectivity index (χ1) is 13.8. The Balaban J connectivity index is 1.75. The molecule has 150 valence electrons. The Morgan fingerprint density at radius 2 is 1.59 bits per heavy atom. The molecule has 0 radical (unpaired) electrons. The molecule has 1 amide bonds. The van der Waals surface area contributed by atoms with E-state index in [2.05, 4.69) is 5.32 Å². The van der Waals surface area contributed by atoms with Gasteiger partial charge in [-0.15, -0.1) is 0 Å². The number of carbonyl (C=O) groups is 1. The Kier molecular flexibility index (Phi) is 5.89. The number of sulfone groups is 1. The van der Waals surface area contributed by atoms with Crippen LogP contribution < -0.4 is 14.8 Å². The van der Waals surface area contributed by atoms with Crippen LogP contribution in [-0.4, -0.2) is 27.7 Å². The molecule has 1 N–H and O–H groups in total. The van der Waals surface area contributed by atoms with Gasteiger partial charge in [0.1, 0.15) is 5.75 Å². The highest BCUT2D eigenvalue weighted by molar-refractivity contribution is 7.90. The van der Waals surface area contributed by atoms with Crippen LogP contribution in [-0.2, 0) is 9.84 Å². The van der Waals surface area contributed by atoms with Gasteiger partial charge in [0.25, 0.3) is 5.91 Å². The number of para-hydroxylation sites is 2. The molecule has 0 aliphatic carbocycles. The number of nitrogens with one attached hydrogen (secondary N) is 1. The lowest BCUT2D eigenvalue weighted by molar-refractivity contribution is 0.102. The van der Waals surface area contributed by atoms with Crippen molar-refractivity contribution in [2.45, 2.75) is 11.8 Å². The van der Waals surface area contributed by atoms with Crippen LogP contribution in [0.3, 0.4) is 0 Å². The van der Waals surface area contributed by atoms with E-state index >= 15 is 0 Å². The molecule has 0 aliphatic heterocycles. The van der Waals surface area contributed by atoms with Gasteiger partial charge in [-0.2, -0.15) is 0 Å². The maximum atomic E-state index is 12.6. The van der Waals surface area contributed by atoms with E-state index in [-0.39, 0.29) is 10.8 Å². The Labute approximate surface area is 170 Å². The number of hydrogen-bond donors (Lipinski definition) is 1. The van der Waals surface area contributed by atoms with Crippen LogP contribution in [0.2, 0.25) is 0 Å². The lowest BCUT2D eigenvalue weighted by Gasteiger charge is -2.12. The zero-order chi connectivity index (χ0) is 21.0. The van der Waals surface area contributed by atoms with Gasteiger partial charge in [0.05, 0.1) is 12.0 Å². The molecule has 3 aromatic rings. The molecule has 0 aliphatic rings. The highest BCUT2D eigenvalue weighted by atomic mass is 32.2. The van der Waals surface area contributed by atoms with E-state index < -0.39 is 9.84 Å². The number of rotatable bonds is 6. The van der Waals surface area contributed by atoms with Crippen LogP contribution in [0.15, 0.2) is 71.6 Å². The third kappa shape index (κ3) is 4.94. The van der Waals surface area contributed by atoms with Gasteiger partial charge in [0, 0.05) is 17.5 Å². The molecule has 0 fully saturated rings. The van der Waals surface area contributed by atoms with Crippen LogP contribution >= 0.6 is 0 Å². The van der Waals surface area contributed by atoms with Crippen molar-refractivity contribution in [2.24, 2.45) is 0 Å². The molecule has 3 aromatic carbocycles. The fourth-order valence-electron chi connectivity index (χ4n) is 2.71. The zero-order valence-electron chi connectivity index (χ0n) is 16.3. The van der Waals surface area contributed by atoms with Crippen molar-refractivity contribution in [1.82, 2.24) is 0 Å². The van der Waals surface area contributed by atoms with Crippen LogP contribution in [0.4, 0.5) is 5.69 Å². The maximum Gasteiger partial charge on any atom is 0.255 e. The molecular formula is C22H21NO5S. The number of carbonyl (C=O) groups excluding carboxylic acids is 1. The standard InChI is InChI=1S/C22H21NO5S/c1-15-8-13-18(29(3,25)26)14-19(15)22(24)23-16-9-11-17(12-10-16)28-21-7-5-4-6-20(21)27-2/h4-14H,1-3H3,(H,23,24). The van der Waals surface area contributed by atoms with Crippen molar-refractivity contribution < 1.29 is 22.7 Å². The number of ether oxygens (including phenoxy) is 2. The largest absolute Gasteiger partial charge is 0.493 e. The van der Waals surface area contributed by atoms with E-state index in [0.717, 1.165) is 6.26 Å². The normalized spacial score (nSPS) is 11.0. The van der Waals surface area contributed by atoms with Crippen molar-refractivity contribution in [3.05, 3.63) is 77.9 Å². The monoisotopic (exact) mass is 411 g/mol. The van der Waals surface area contributed by atoms with E-state index in [1.807, 2.05) is 12.1 Å². The smallest absolute Gasteiger partial charge is 0.255 e. The maximum absolute atomic E-state index is 12.6. The Bertz CT molecular complexity index is 1140. The van der Waals surface area contributed by atoms with Gasteiger partial charge in [0.15, 0.2) is 21.3 Å². The van der Waals surface area contributed by atoms with Crippen LogP contribution in [0, 0.1) is 6.92 Å². The van der Waals surface area contributed by atoms with Gasteiger partial charge in [-0.05, 0) is 61.0 Å². The van der Waals surface area contributed by atoms with Gasteiger partial charge in [-0.25, -0.2) is 8.42 Å². The lowest BCUT2D eigenvalue weighted by atomic mass is 10.1. The summed E-state index contributed by atoms with van der Waals surface area (Å²) in [5.74, 6) is 1.40. The summed E-state index contributed by atoms with van der Waals surface area (Å²) in [5.41, 5.74) is 1.56. The molecule has 0 aromatic heterocycles. The van der Waals surface area contributed by atoms with E-state index in [0.29, 0.717) is 34.1 Å². The molecule has 0 spiro atoms. The molecular weight excluding hydrogens is 390 g/mol. The van der Waals surface area contributed by atoms with Crippen LogP contribution in [0.25, 0.3) is 0 Å². The van der Waals surface area contributed by atoms with E-state index in [4.69, 9.17) is 9.47 Å². The Hall–Kier alpha value is -3.32. The second-order valence-electron chi connectivity index (χ2n) is 6.48. The Morgan fingerprint density at radius 1 is 0.931 bits per heavy atom. The average Bonchev–Trinajstić information content (AvgIpc) is 2.69. The molecule has 7 heteroatoms. The number of methoxy groups -OCH3 is 1. The second kappa shape index (κ2) is 8.36. The summed E-state index contributed by atoms with van der Waals surface area (Å²) in [6, 6.07) is 18.7. The summed E-state index contributed by atoms with van der Waals surface area (Å²) in [4.78, 5) is 12.7. The molecule has 0 saturated carbocycles. The highest BCUT2D eigenvalue weighted by Crippen LogP contribution is 2.31. The van der Waals surface area contributed by atoms with Crippen molar-refractivity contribution in [2.75, 3.05) is 18.7 Å². The number of benzene rings is 3. The summed E-state index contributed by atoms with van der Waals surface area (Å²) >= 11 is 0. The van der Waals surface area contributed by atoms with Crippen molar-refractivity contribution in [3.8, 4) is 17.2 Å². The predicted molar refractivity (Wildman–Crippen MR) is 112 cm³/mol. The molecule has 0 atom stereocenters. The van der Waals surface area contributed by atoms with Crippen molar-refractivity contribution >= 4 is 21.4 Å². The molecule has 6 nitrogen and oxygen atoms in total. The summed E-state index contributed by atoms with van der Waals surface area (Å²) in [5, 5.41) is 2.78. The number of hydrogen-bond acceptors (Lipinski definition) is 5. The quantitative estimate of drug-likeness (QED) is 0.648. The van der Waals surface area contributed by atoms with Gasteiger partial charge in [0.2, 0.25) is 0 Å². The summed E-state index contributed by atoms with van der Waals surface area (Å²) in [6.07, 6.45) is 1.11. The molecule has 29 heavy (non-hydrogen) atoms. The summed E-state index contributed by atoms with van der Waals surface area (Å²) < 4.78 is 34.6. The minimum atomic E-state index is -3.40. The molecule has 0 saturated heterocycles. The first kappa shape index (κ1) is 20.4. The average molecular weight is 411 g/mol. The highest BCUT2D eigenvalue weighted by Gasteiger charge is 2.15. The summed E-state index contributed by atoms with van der Waals surface area (Å²) in [6.45, 7) is 1.76. The van der Waals surface area contributed by atoms with Crippen LogP contribution in [0.5, 0.6) is 17.2 Å². The SMILES string of the molecule is COc1ccccc1Oc1ccc(NC(=O)c2cc(S(C)(=O)=O)ccc2C)cc1. The van der Waals surface area contributed by atoms with Crippen molar-refractivity contribution in [1.29, 1.82) is 0 Å². The van der Waals surface area contributed by atoms with E-state index in [9.17, 15) is 13.2 Å². The first-order valence-electron chi connectivity index (χ1n) is 8.81. The van der Waals surface area contributed by atoms with Gasteiger partial charge < -0.3 is 14.8 Å². The fourth-order valence-corrected chi connectivity index (χ4v) is 3.36. The van der Waals surface area contributed by atoms with E-state index in [1.165, 1.54) is 12.1 Å². The minimum Gasteiger partial charge on any atom is -0.493 e. The lowest BCUT2D eigenvalue weighted by Crippen LogP contribution is -2.14. The third-order valence-electron chi connectivity index (χ3n) is 4.29. The topological polar surface area (TPSA) is 81.7 Å². The number of aryl methyl sites for hydroxylation is 1. The van der Waals surface area contributed by atoms with Gasteiger partial charge in [-0.1, -0.05) is 18.2 Å². The van der Waals surface area contributed by atoms with Crippen molar-refractivity contribution in [3.63, 3.8) is 0 Å². The second-order valence-corrected chi connectivity index (χ2v) is 8.50. The molecule has 0 heterocycles. The summed E-state index contributed by atoms with van der Waals surface area (Å²) in [7, 11) is -1.83. The predicted octanol–water partition coefficient (Wildman–Crippen LogP) is 4.45. The van der Waals surface area contributed by atoms with Crippen LogP contribution in [0.1, 0.15) is 15.9 Å². The number of amides is 1. The van der Waals surface area contributed by atoms with Gasteiger partial charge >= 0.3 is 0 Å². The fraction of sp³-hybridized carbons (Fsp3) is 0.136. The Morgan fingerprint density at radius 3 is 2.21 bits per heavy atom. The minimum absolute atomic E-state index is 0.105. The zero-order valence-corrected chi connectivity index (χ0v) is 17.1. The first-order valence-corrected chi connectivity index (χ1v) is 10.7. The molecule has 0 bridgehead atoms. The molecule has 0 unspecified atom stereocenters. The molecule has 3 rings (SSSR count).